The number of hydrogen-bond acceptors (Lipinski definition) is 4. The average molecular weight is 359 g/mol. The van der Waals surface area contributed by atoms with Gasteiger partial charge >= 0.3 is 0 Å². The summed E-state index contributed by atoms with van der Waals surface area (Å²) < 4.78 is 32.8. The molecule has 0 bridgehead atoms. The quantitative estimate of drug-likeness (QED) is 0.586. The van der Waals surface area contributed by atoms with Gasteiger partial charge in [0.1, 0.15) is 5.75 Å². The number of halogens is 1. The number of hydrogen-bond donors (Lipinski definition) is 0. The Kier molecular flexibility index (Phi) is 5.01. The van der Waals surface area contributed by atoms with Gasteiger partial charge < -0.3 is 4.74 Å². The van der Waals surface area contributed by atoms with E-state index >= 15 is 0 Å². The van der Waals surface area contributed by atoms with Crippen LogP contribution in [0, 0.1) is 0 Å². The molecule has 0 aromatic heterocycles. The summed E-state index contributed by atoms with van der Waals surface area (Å²) in [6, 6.07) is 11.9. The lowest BCUT2D eigenvalue weighted by atomic mass is 10.1. The van der Waals surface area contributed by atoms with Crippen molar-refractivity contribution in [3.8, 4) is 5.75 Å². The Balaban J connectivity index is 1.89. The van der Waals surface area contributed by atoms with Crippen LogP contribution < -0.4 is 4.74 Å². The molecule has 2 aromatic rings. The van der Waals surface area contributed by atoms with E-state index in [9.17, 15) is 8.42 Å². The van der Waals surface area contributed by atoms with Crippen LogP contribution in [0.1, 0.15) is 6.42 Å². The van der Waals surface area contributed by atoms with Gasteiger partial charge in [0, 0.05) is 10.9 Å². The van der Waals surface area contributed by atoms with Crippen molar-refractivity contribution >= 4 is 36.8 Å². The molecule has 6 heteroatoms. The highest BCUT2D eigenvalue weighted by atomic mass is 79.9. The first kappa shape index (κ1) is 15.3. The molecule has 20 heavy (non-hydrogen) atoms. The van der Waals surface area contributed by atoms with Crippen molar-refractivity contribution in [2.75, 3.05) is 19.5 Å². The summed E-state index contributed by atoms with van der Waals surface area (Å²) in [7, 11) is -3.36. The number of fused-ring (bicyclic) bond motifs is 1. The van der Waals surface area contributed by atoms with Crippen LogP contribution in [-0.2, 0) is 14.3 Å². The van der Waals surface area contributed by atoms with Gasteiger partial charge in [-0.25, -0.2) is 0 Å². The van der Waals surface area contributed by atoms with E-state index in [-0.39, 0.29) is 6.61 Å². The smallest absolute Gasteiger partial charge is 0.264 e. The van der Waals surface area contributed by atoms with E-state index in [0.717, 1.165) is 27.3 Å². The minimum Gasteiger partial charge on any atom is -0.493 e. The van der Waals surface area contributed by atoms with Crippen LogP contribution in [0.5, 0.6) is 5.75 Å². The van der Waals surface area contributed by atoms with Gasteiger partial charge in [-0.2, -0.15) is 8.42 Å². The summed E-state index contributed by atoms with van der Waals surface area (Å²) >= 11 is 3.43. The van der Waals surface area contributed by atoms with Crippen molar-refractivity contribution in [1.29, 1.82) is 0 Å². The Labute approximate surface area is 127 Å². The van der Waals surface area contributed by atoms with Crippen LogP contribution in [-0.4, -0.2) is 27.9 Å². The molecule has 0 aliphatic carbocycles. The van der Waals surface area contributed by atoms with Crippen molar-refractivity contribution in [1.82, 2.24) is 0 Å². The molecule has 2 rings (SSSR count). The summed E-state index contributed by atoms with van der Waals surface area (Å²) in [5.41, 5.74) is 0. The molecular formula is C14H15BrO4S. The van der Waals surface area contributed by atoms with Gasteiger partial charge in [0.05, 0.1) is 19.5 Å². The van der Waals surface area contributed by atoms with Crippen LogP contribution in [0.15, 0.2) is 40.9 Å². The van der Waals surface area contributed by atoms with E-state index < -0.39 is 10.1 Å². The maximum absolute atomic E-state index is 10.8. The normalized spacial score (nSPS) is 11.7. The van der Waals surface area contributed by atoms with E-state index in [1.165, 1.54) is 0 Å². The van der Waals surface area contributed by atoms with Crippen molar-refractivity contribution in [2.45, 2.75) is 6.42 Å². The lowest BCUT2D eigenvalue weighted by molar-refractivity contribution is 0.252. The predicted molar refractivity (Wildman–Crippen MR) is 82.6 cm³/mol. The van der Waals surface area contributed by atoms with E-state index in [4.69, 9.17) is 4.74 Å². The molecule has 0 atom stereocenters. The molecular weight excluding hydrogens is 344 g/mol. The van der Waals surface area contributed by atoms with Crippen molar-refractivity contribution in [3.63, 3.8) is 0 Å². The van der Waals surface area contributed by atoms with Crippen molar-refractivity contribution in [2.24, 2.45) is 0 Å². The molecule has 0 aliphatic rings. The van der Waals surface area contributed by atoms with Crippen LogP contribution in [0.2, 0.25) is 0 Å². The fourth-order valence-electron chi connectivity index (χ4n) is 1.74. The van der Waals surface area contributed by atoms with Crippen LogP contribution in [0.3, 0.4) is 0 Å². The zero-order valence-corrected chi connectivity index (χ0v) is 13.4. The monoisotopic (exact) mass is 358 g/mol. The molecule has 0 N–H and O–H groups in total. The first-order chi connectivity index (χ1) is 9.44. The largest absolute Gasteiger partial charge is 0.493 e. The van der Waals surface area contributed by atoms with Crippen LogP contribution in [0.4, 0.5) is 0 Å². The SMILES string of the molecule is CS(=O)(=O)OCCCOc1ccc2cc(Br)ccc2c1. The Morgan fingerprint density at radius 2 is 1.75 bits per heavy atom. The number of benzene rings is 2. The second-order valence-electron chi connectivity index (χ2n) is 4.38. The third-order valence-electron chi connectivity index (χ3n) is 2.63. The molecule has 0 radical (unpaired) electrons. The highest BCUT2D eigenvalue weighted by molar-refractivity contribution is 9.10. The summed E-state index contributed by atoms with van der Waals surface area (Å²) in [6.45, 7) is 0.552. The summed E-state index contributed by atoms with van der Waals surface area (Å²) in [4.78, 5) is 0. The van der Waals surface area contributed by atoms with E-state index in [1.807, 2.05) is 36.4 Å². The summed E-state index contributed by atoms with van der Waals surface area (Å²) in [6.07, 6.45) is 1.56. The Morgan fingerprint density at radius 1 is 1.05 bits per heavy atom. The maximum Gasteiger partial charge on any atom is 0.264 e. The van der Waals surface area contributed by atoms with Crippen molar-refractivity contribution in [3.05, 3.63) is 40.9 Å². The number of rotatable bonds is 6. The Morgan fingerprint density at radius 3 is 2.50 bits per heavy atom. The lowest BCUT2D eigenvalue weighted by Crippen LogP contribution is -2.07. The zero-order valence-electron chi connectivity index (χ0n) is 11.0. The topological polar surface area (TPSA) is 52.6 Å². The van der Waals surface area contributed by atoms with Gasteiger partial charge in [-0.05, 0) is 35.0 Å². The molecule has 0 unspecified atom stereocenters. The van der Waals surface area contributed by atoms with E-state index in [0.29, 0.717) is 13.0 Å². The molecule has 0 fully saturated rings. The summed E-state index contributed by atoms with van der Waals surface area (Å²) in [5.74, 6) is 0.763. The highest BCUT2D eigenvalue weighted by Crippen LogP contribution is 2.24. The van der Waals surface area contributed by atoms with Gasteiger partial charge in [-0.1, -0.05) is 28.1 Å². The molecule has 2 aromatic carbocycles. The standard InChI is InChI=1S/C14H15BrO4S/c1-20(16,17)19-8-2-7-18-14-6-4-11-9-13(15)5-3-12(11)10-14/h3-6,9-10H,2,7-8H2,1H3. The van der Waals surface area contributed by atoms with Gasteiger partial charge in [0.15, 0.2) is 0 Å². The Hall–Kier alpha value is -1.11. The average Bonchev–Trinajstić information content (AvgIpc) is 2.37. The fraction of sp³-hybridized carbons (Fsp3) is 0.286. The van der Waals surface area contributed by atoms with E-state index in [2.05, 4.69) is 20.1 Å². The summed E-state index contributed by atoms with van der Waals surface area (Å²) in [5, 5.41) is 2.23. The molecule has 108 valence electrons. The molecule has 0 saturated heterocycles. The Bertz CT molecular complexity index is 697. The fourth-order valence-corrected chi connectivity index (χ4v) is 2.54. The predicted octanol–water partition coefficient (Wildman–Crippen LogP) is 3.35. The zero-order chi connectivity index (χ0) is 14.6. The molecule has 4 nitrogen and oxygen atoms in total. The molecule has 0 heterocycles. The van der Waals surface area contributed by atoms with Gasteiger partial charge in [0.2, 0.25) is 0 Å². The van der Waals surface area contributed by atoms with Crippen LogP contribution >= 0.6 is 15.9 Å². The second-order valence-corrected chi connectivity index (χ2v) is 6.94. The minimum atomic E-state index is -3.36. The minimum absolute atomic E-state index is 0.138. The first-order valence-corrected chi connectivity index (χ1v) is 8.71. The second kappa shape index (κ2) is 6.56. The first-order valence-electron chi connectivity index (χ1n) is 6.10. The lowest BCUT2D eigenvalue weighted by Gasteiger charge is -2.07. The number of ether oxygens (including phenoxy) is 1. The molecule has 0 spiro atoms. The molecule has 0 saturated carbocycles. The van der Waals surface area contributed by atoms with Gasteiger partial charge in [-0.15, -0.1) is 0 Å². The maximum atomic E-state index is 10.8. The van der Waals surface area contributed by atoms with Crippen LogP contribution in [0.25, 0.3) is 10.8 Å². The molecule has 0 amide bonds. The van der Waals surface area contributed by atoms with Gasteiger partial charge in [0.25, 0.3) is 10.1 Å². The van der Waals surface area contributed by atoms with E-state index in [1.54, 1.807) is 0 Å². The van der Waals surface area contributed by atoms with Gasteiger partial charge in [-0.3, -0.25) is 4.18 Å². The third kappa shape index (κ3) is 4.77. The molecule has 0 aliphatic heterocycles. The highest BCUT2D eigenvalue weighted by Gasteiger charge is 2.02. The third-order valence-corrected chi connectivity index (χ3v) is 3.72. The van der Waals surface area contributed by atoms with Crippen molar-refractivity contribution < 1.29 is 17.3 Å².